The fraction of sp³-hybridized carbons (Fsp3) is 0.667. The molecule has 1 saturated heterocycles. The molecule has 6 nitrogen and oxygen atoms in total. The van der Waals surface area contributed by atoms with Gasteiger partial charge >= 0.3 is 6.09 Å². The number of likely N-dealkylation sites (tertiary alicyclic amines) is 1. The van der Waals surface area contributed by atoms with Crippen molar-refractivity contribution in [1.82, 2.24) is 10.2 Å². The zero-order valence-electron chi connectivity index (χ0n) is 13.1. The minimum atomic E-state index is -0.487. The molecule has 1 amide bonds. The SMILES string of the molecule is CO[C@H]1CN(C(=O)OC(C)(C)C)C[C@H]1NCc1ccco1. The lowest BCUT2D eigenvalue weighted by Gasteiger charge is -2.24. The van der Waals surface area contributed by atoms with Crippen molar-refractivity contribution in [1.29, 1.82) is 0 Å². The Morgan fingerprint density at radius 2 is 2.24 bits per heavy atom. The van der Waals surface area contributed by atoms with Crippen molar-refractivity contribution < 1.29 is 18.7 Å². The molecule has 0 aliphatic carbocycles. The van der Waals surface area contributed by atoms with E-state index >= 15 is 0 Å². The molecule has 1 N–H and O–H groups in total. The fourth-order valence-electron chi connectivity index (χ4n) is 2.33. The molecule has 6 heteroatoms. The van der Waals surface area contributed by atoms with Crippen LogP contribution in [0.15, 0.2) is 22.8 Å². The molecule has 0 aromatic carbocycles. The summed E-state index contributed by atoms with van der Waals surface area (Å²) >= 11 is 0. The summed E-state index contributed by atoms with van der Waals surface area (Å²) < 4.78 is 16.2. The molecule has 2 heterocycles. The number of hydrogen-bond acceptors (Lipinski definition) is 5. The van der Waals surface area contributed by atoms with E-state index in [0.29, 0.717) is 19.6 Å². The van der Waals surface area contributed by atoms with E-state index < -0.39 is 5.60 Å². The highest BCUT2D eigenvalue weighted by Gasteiger charge is 2.37. The van der Waals surface area contributed by atoms with Gasteiger partial charge in [-0.1, -0.05) is 0 Å². The highest BCUT2D eigenvalue weighted by atomic mass is 16.6. The van der Waals surface area contributed by atoms with Crippen LogP contribution in [-0.2, 0) is 16.0 Å². The summed E-state index contributed by atoms with van der Waals surface area (Å²) in [6.45, 7) is 7.29. The van der Waals surface area contributed by atoms with Gasteiger partial charge in [0.05, 0.1) is 31.5 Å². The number of methoxy groups -OCH3 is 1. The van der Waals surface area contributed by atoms with Gasteiger partial charge in [0.15, 0.2) is 0 Å². The Morgan fingerprint density at radius 3 is 2.81 bits per heavy atom. The van der Waals surface area contributed by atoms with Gasteiger partial charge in [0, 0.05) is 13.7 Å². The topological polar surface area (TPSA) is 63.9 Å². The maximum Gasteiger partial charge on any atom is 0.410 e. The van der Waals surface area contributed by atoms with Gasteiger partial charge < -0.3 is 24.1 Å². The Kier molecular flexibility index (Phi) is 4.90. The molecular weight excluding hydrogens is 272 g/mol. The highest BCUT2D eigenvalue weighted by molar-refractivity contribution is 5.68. The van der Waals surface area contributed by atoms with Gasteiger partial charge in [-0.25, -0.2) is 4.79 Å². The van der Waals surface area contributed by atoms with Gasteiger partial charge in [-0.15, -0.1) is 0 Å². The number of ether oxygens (including phenoxy) is 2. The maximum absolute atomic E-state index is 12.1. The third-order valence-electron chi connectivity index (χ3n) is 3.34. The lowest BCUT2D eigenvalue weighted by atomic mass is 10.2. The highest BCUT2D eigenvalue weighted by Crippen LogP contribution is 2.18. The number of hydrogen-bond donors (Lipinski definition) is 1. The molecule has 0 unspecified atom stereocenters. The zero-order valence-corrected chi connectivity index (χ0v) is 13.1. The second kappa shape index (κ2) is 6.49. The second-order valence-corrected chi connectivity index (χ2v) is 6.23. The monoisotopic (exact) mass is 296 g/mol. The number of rotatable bonds is 4. The standard InChI is InChI=1S/C15H24N2O4/c1-15(2,3)21-14(18)17-9-12(13(10-17)19-4)16-8-11-6-5-7-20-11/h5-7,12-13,16H,8-10H2,1-4H3/t12-,13+/m1/s1. The van der Waals surface area contributed by atoms with Crippen LogP contribution in [0, 0.1) is 0 Å². The summed E-state index contributed by atoms with van der Waals surface area (Å²) in [5.41, 5.74) is -0.487. The first kappa shape index (κ1) is 15.9. The van der Waals surface area contributed by atoms with Crippen LogP contribution in [0.5, 0.6) is 0 Å². The van der Waals surface area contributed by atoms with E-state index in [4.69, 9.17) is 13.9 Å². The number of nitrogens with zero attached hydrogens (tertiary/aromatic N) is 1. The van der Waals surface area contributed by atoms with Crippen molar-refractivity contribution in [3.8, 4) is 0 Å². The molecule has 0 radical (unpaired) electrons. The third kappa shape index (κ3) is 4.47. The van der Waals surface area contributed by atoms with Crippen LogP contribution in [-0.4, -0.2) is 48.9 Å². The molecule has 2 atom stereocenters. The first-order valence-electron chi connectivity index (χ1n) is 7.15. The summed E-state index contributed by atoms with van der Waals surface area (Å²) in [5.74, 6) is 0.862. The molecule has 0 spiro atoms. The Morgan fingerprint density at radius 1 is 1.48 bits per heavy atom. The summed E-state index contributed by atoms with van der Waals surface area (Å²) in [6, 6.07) is 3.83. The molecule has 21 heavy (non-hydrogen) atoms. The molecule has 0 saturated carbocycles. The summed E-state index contributed by atoms with van der Waals surface area (Å²) in [7, 11) is 1.66. The molecule has 1 aromatic heterocycles. The van der Waals surface area contributed by atoms with Crippen LogP contribution in [0.25, 0.3) is 0 Å². The van der Waals surface area contributed by atoms with Crippen molar-refractivity contribution in [2.24, 2.45) is 0 Å². The first-order chi connectivity index (χ1) is 9.89. The number of amides is 1. The Labute approximate surface area is 125 Å². The van der Waals surface area contributed by atoms with Crippen molar-refractivity contribution in [2.45, 2.75) is 45.1 Å². The molecule has 1 aliphatic rings. The van der Waals surface area contributed by atoms with Crippen LogP contribution in [0.2, 0.25) is 0 Å². The molecule has 2 rings (SSSR count). The van der Waals surface area contributed by atoms with Crippen molar-refractivity contribution in [2.75, 3.05) is 20.2 Å². The minimum absolute atomic E-state index is 0.0486. The Hall–Kier alpha value is -1.53. The molecule has 0 bridgehead atoms. The van der Waals surface area contributed by atoms with Crippen LogP contribution >= 0.6 is 0 Å². The van der Waals surface area contributed by atoms with Crippen LogP contribution in [0.1, 0.15) is 26.5 Å². The van der Waals surface area contributed by atoms with Crippen molar-refractivity contribution >= 4 is 6.09 Å². The van der Waals surface area contributed by atoms with E-state index in [0.717, 1.165) is 5.76 Å². The fourth-order valence-corrected chi connectivity index (χ4v) is 2.33. The quantitative estimate of drug-likeness (QED) is 0.920. The number of carbonyl (C=O) groups excluding carboxylic acids is 1. The third-order valence-corrected chi connectivity index (χ3v) is 3.34. The Bertz CT molecular complexity index is 453. The Balaban J connectivity index is 1.89. The van der Waals surface area contributed by atoms with E-state index in [1.54, 1.807) is 18.3 Å². The average Bonchev–Trinajstić information content (AvgIpc) is 3.03. The zero-order chi connectivity index (χ0) is 15.5. The van der Waals surface area contributed by atoms with Crippen LogP contribution < -0.4 is 5.32 Å². The average molecular weight is 296 g/mol. The molecule has 1 aromatic rings. The predicted octanol–water partition coefficient (Wildman–Crippen LogP) is 2.00. The molecular formula is C15H24N2O4. The molecule has 1 aliphatic heterocycles. The van der Waals surface area contributed by atoms with Gasteiger partial charge in [-0.05, 0) is 32.9 Å². The van der Waals surface area contributed by atoms with E-state index in [-0.39, 0.29) is 18.2 Å². The van der Waals surface area contributed by atoms with E-state index in [9.17, 15) is 4.79 Å². The molecule has 1 fully saturated rings. The molecule has 118 valence electrons. The second-order valence-electron chi connectivity index (χ2n) is 6.23. The van der Waals surface area contributed by atoms with Crippen LogP contribution in [0.4, 0.5) is 4.79 Å². The van der Waals surface area contributed by atoms with Crippen molar-refractivity contribution in [3.05, 3.63) is 24.2 Å². The first-order valence-corrected chi connectivity index (χ1v) is 7.15. The normalized spacial score (nSPS) is 22.6. The number of nitrogens with one attached hydrogen (secondary N) is 1. The van der Waals surface area contributed by atoms with Crippen molar-refractivity contribution in [3.63, 3.8) is 0 Å². The smallest absolute Gasteiger partial charge is 0.410 e. The van der Waals surface area contributed by atoms with Gasteiger partial charge in [-0.3, -0.25) is 0 Å². The predicted molar refractivity (Wildman–Crippen MR) is 77.9 cm³/mol. The summed E-state index contributed by atoms with van der Waals surface area (Å²) in [4.78, 5) is 13.8. The van der Waals surface area contributed by atoms with Crippen LogP contribution in [0.3, 0.4) is 0 Å². The lowest BCUT2D eigenvalue weighted by Crippen LogP contribution is -2.40. The summed E-state index contributed by atoms with van der Waals surface area (Å²) in [6.07, 6.45) is 1.30. The van der Waals surface area contributed by atoms with Gasteiger partial charge in [0.1, 0.15) is 11.4 Å². The number of furan rings is 1. The largest absolute Gasteiger partial charge is 0.468 e. The van der Waals surface area contributed by atoms with E-state index in [1.165, 1.54) is 0 Å². The van der Waals surface area contributed by atoms with Gasteiger partial charge in [0.25, 0.3) is 0 Å². The van der Waals surface area contributed by atoms with Gasteiger partial charge in [0.2, 0.25) is 0 Å². The van der Waals surface area contributed by atoms with E-state index in [2.05, 4.69) is 5.32 Å². The summed E-state index contributed by atoms with van der Waals surface area (Å²) in [5, 5.41) is 3.36. The minimum Gasteiger partial charge on any atom is -0.468 e. The van der Waals surface area contributed by atoms with Gasteiger partial charge in [-0.2, -0.15) is 0 Å². The number of carbonyl (C=O) groups is 1. The van der Waals surface area contributed by atoms with E-state index in [1.807, 2.05) is 32.9 Å². The maximum atomic E-state index is 12.1. The lowest BCUT2D eigenvalue weighted by molar-refractivity contribution is 0.0252.